The molecule has 0 saturated carbocycles. The monoisotopic (exact) mass is 253 g/mol. The Labute approximate surface area is 100 Å². The normalized spacial score (nSPS) is 26.8. The van der Waals surface area contributed by atoms with Crippen molar-refractivity contribution in [3.63, 3.8) is 0 Å². The van der Waals surface area contributed by atoms with Gasteiger partial charge in [-0.15, -0.1) is 0 Å². The fourth-order valence-corrected chi connectivity index (χ4v) is 1.82. The zero-order chi connectivity index (χ0) is 13.1. The molecule has 1 aliphatic heterocycles. The second-order valence-electron chi connectivity index (χ2n) is 3.86. The second-order valence-corrected chi connectivity index (χ2v) is 3.86. The molecule has 2 rings (SSSR count). The molecule has 1 saturated heterocycles. The van der Waals surface area contributed by atoms with Crippen molar-refractivity contribution < 1.29 is 9.84 Å². The van der Waals surface area contributed by atoms with Crippen molar-refractivity contribution in [2.24, 2.45) is 5.11 Å². The third-order valence-electron chi connectivity index (χ3n) is 2.69. The van der Waals surface area contributed by atoms with Crippen molar-refractivity contribution in [1.82, 2.24) is 9.55 Å². The predicted molar refractivity (Wildman–Crippen MR) is 59.9 cm³/mol. The summed E-state index contributed by atoms with van der Waals surface area (Å²) in [6.45, 7) is -0.00767. The Kier molecular flexibility index (Phi) is 3.47. The Morgan fingerprint density at radius 3 is 3.11 bits per heavy atom. The number of azide groups is 1. The van der Waals surface area contributed by atoms with Gasteiger partial charge in [0, 0.05) is 23.6 Å². The summed E-state index contributed by atoms with van der Waals surface area (Å²) in [7, 11) is 0. The Hall–Kier alpha value is -2.09. The van der Waals surface area contributed by atoms with Gasteiger partial charge in [0.15, 0.2) is 0 Å². The smallest absolute Gasteiger partial charge is 0.330 e. The molecule has 0 bridgehead atoms. The highest BCUT2D eigenvalue weighted by Crippen LogP contribution is 2.27. The maximum atomic E-state index is 11.5. The van der Waals surface area contributed by atoms with Crippen LogP contribution in [0.4, 0.5) is 0 Å². The van der Waals surface area contributed by atoms with E-state index in [2.05, 4.69) is 15.0 Å². The summed E-state index contributed by atoms with van der Waals surface area (Å²) >= 11 is 0. The Morgan fingerprint density at radius 2 is 2.44 bits per heavy atom. The maximum Gasteiger partial charge on any atom is 0.330 e. The first-order valence-corrected chi connectivity index (χ1v) is 5.27. The van der Waals surface area contributed by atoms with Crippen LogP contribution in [0.25, 0.3) is 10.4 Å². The van der Waals surface area contributed by atoms with Crippen LogP contribution in [0.2, 0.25) is 0 Å². The molecule has 9 heteroatoms. The second kappa shape index (κ2) is 5.05. The molecule has 0 amide bonds. The van der Waals surface area contributed by atoms with Crippen LogP contribution >= 0.6 is 0 Å². The van der Waals surface area contributed by atoms with Gasteiger partial charge in [0.2, 0.25) is 0 Å². The van der Waals surface area contributed by atoms with Crippen LogP contribution < -0.4 is 11.2 Å². The lowest BCUT2D eigenvalue weighted by molar-refractivity contribution is -0.0150. The molecule has 2 heterocycles. The summed E-state index contributed by atoms with van der Waals surface area (Å²) in [6.07, 6.45) is -0.654. The standard InChI is InChI=1S/C9H11N5O4/c10-13-11-4-6-5(15)3-8(18-6)14-2-1-7(16)12-9(14)17/h1-2,5-6,8,15H,3-4H2,(H,12,16,17)/t5-,6-,8?/m1/s1. The van der Waals surface area contributed by atoms with E-state index in [1.807, 2.05) is 0 Å². The molecule has 0 aliphatic carbocycles. The fourth-order valence-electron chi connectivity index (χ4n) is 1.82. The van der Waals surface area contributed by atoms with Crippen molar-refractivity contribution in [3.05, 3.63) is 43.5 Å². The van der Waals surface area contributed by atoms with Crippen LogP contribution in [0.3, 0.4) is 0 Å². The summed E-state index contributed by atoms with van der Waals surface area (Å²) in [5.74, 6) is 0. The SMILES string of the molecule is [N-]=[N+]=NC[C@H]1OC(n2ccc(=O)[nH]c2=O)C[C@H]1O. The first-order chi connectivity index (χ1) is 8.61. The van der Waals surface area contributed by atoms with E-state index in [1.54, 1.807) is 0 Å². The molecule has 18 heavy (non-hydrogen) atoms. The van der Waals surface area contributed by atoms with Gasteiger partial charge in [-0.05, 0) is 5.53 Å². The highest BCUT2D eigenvalue weighted by Gasteiger charge is 2.34. The quantitative estimate of drug-likeness (QED) is 0.426. The summed E-state index contributed by atoms with van der Waals surface area (Å²) in [6, 6.07) is 1.19. The molecular weight excluding hydrogens is 242 g/mol. The van der Waals surface area contributed by atoms with Crippen LogP contribution in [-0.4, -0.2) is 33.4 Å². The molecule has 1 fully saturated rings. The van der Waals surface area contributed by atoms with E-state index in [-0.39, 0.29) is 13.0 Å². The summed E-state index contributed by atoms with van der Waals surface area (Å²) in [4.78, 5) is 27.1. The zero-order valence-electron chi connectivity index (χ0n) is 9.26. The molecule has 2 N–H and O–H groups in total. The lowest BCUT2D eigenvalue weighted by Crippen LogP contribution is -2.31. The predicted octanol–water partition coefficient (Wildman–Crippen LogP) is -0.505. The molecule has 9 nitrogen and oxygen atoms in total. The minimum absolute atomic E-state index is 0.00767. The van der Waals surface area contributed by atoms with Crippen LogP contribution in [0, 0.1) is 0 Å². The highest BCUT2D eigenvalue weighted by molar-refractivity contribution is 4.88. The Balaban J connectivity index is 2.19. The van der Waals surface area contributed by atoms with Crippen molar-refractivity contribution in [1.29, 1.82) is 0 Å². The van der Waals surface area contributed by atoms with Gasteiger partial charge in [-0.2, -0.15) is 0 Å². The summed E-state index contributed by atoms with van der Waals surface area (Å²) in [5.41, 5.74) is 7.09. The largest absolute Gasteiger partial charge is 0.390 e. The fraction of sp³-hybridized carbons (Fsp3) is 0.556. The van der Waals surface area contributed by atoms with E-state index >= 15 is 0 Å². The number of ether oxygens (including phenoxy) is 1. The topological polar surface area (TPSA) is 133 Å². The van der Waals surface area contributed by atoms with E-state index in [4.69, 9.17) is 10.3 Å². The summed E-state index contributed by atoms with van der Waals surface area (Å²) in [5, 5.41) is 13.0. The summed E-state index contributed by atoms with van der Waals surface area (Å²) < 4.78 is 6.59. The van der Waals surface area contributed by atoms with E-state index in [0.717, 1.165) is 0 Å². The minimum Gasteiger partial charge on any atom is -0.390 e. The number of rotatable bonds is 3. The van der Waals surface area contributed by atoms with Gasteiger partial charge >= 0.3 is 5.69 Å². The molecule has 0 spiro atoms. The number of aromatic amines is 1. The zero-order valence-corrected chi connectivity index (χ0v) is 9.26. The molecule has 1 aliphatic rings. The first-order valence-electron chi connectivity index (χ1n) is 5.27. The van der Waals surface area contributed by atoms with Crippen molar-refractivity contribution >= 4 is 0 Å². The molecule has 1 aromatic rings. The number of aliphatic hydroxyl groups is 1. The molecule has 96 valence electrons. The first kappa shape index (κ1) is 12.4. The molecule has 0 radical (unpaired) electrons. The van der Waals surface area contributed by atoms with Gasteiger partial charge in [0.1, 0.15) is 6.23 Å². The van der Waals surface area contributed by atoms with Crippen molar-refractivity contribution in [3.8, 4) is 0 Å². The molecule has 1 aromatic heterocycles. The number of hydrogen-bond acceptors (Lipinski definition) is 5. The van der Waals surface area contributed by atoms with Crippen LogP contribution in [0.5, 0.6) is 0 Å². The van der Waals surface area contributed by atoms with E-state index < -0.39 is 29.7 Å². The molecule has 0 aromatic carbocycles. The Morgan fingerprint density at radius 1 is 1.67 bits per heavy atom. The molecule has 3 atom stereocenters. The van der Waals surface area contributed by atoms with Crippen LogP contribution in [0.1, 0.15) is 12.6 Å². The van der Waals surface area contributed by atoms with E-state index in [1.165, 1.54) is 16.8 Å². The molecular formula is C9H11N5O4. The average molecular weight is 253 g/mol. The number of H-pyrrole nitrogens is 1. The van der Waals surface area contributed by atoms with Crippen LogP contribution in [-0.2, 0) is 4.74 Å². The van der Waals surface area contributed by atoms with Gasteiger partial charge < -0.3 is 9.84 Å². The van der Waals surface area contributed by atoms with Gasteiger partial charge in [-0.25, -0.2) is 4.79 Å². The number of nitrogens with one attached hydrogen (secondary N) is 1. The average Bonchev–Trinajstić information content (AvgIpc) is 2.68. The van der Waals surface area contributed by atoms with Gasteiger partial charge in [0.05, 0.1) is 18.8 Å². The van der Waals surface area contributed by atoms with Gasteiger partial charge in [-0.1, -0.05) is 5.11 Å². The van der Waals surface area contributed by atoms with Gasteiger partial charge in [-0.3, -0.25) is 14.3 Å². The van der Waals surface area contributed by atoms with E-state index in [9.17, 15) is 14.7 Å². The maximum absolute atomic E-state index is 11.5. The lowest BCUT2D eigenvalue weighted by Gasteiger charge is -2.13. The van der Waals surface area contributed by atoms with Gasteiger partial charge in [0.25, 0.3) is 5.56 Å². The Bertz CT molecular complexity index is 587. The third kappa shape index (κ3) is 2.43. The lowest BCUT2D eigenvalue weighted by atomic mass is 10.2. The minimum atomic E-state index is -0.820. The number of hydrogen-bond donors (Lipinski definition) is 2. The molecule has 1 unspecified atom stereocenters. The highest BCUT2D eigenvalue weighted by atomic mass is 16.5. The van der Waals surface area contributed by atoms with E-state index in [0.29, 0.717) is 0 Å². The number of nitrogens with zero attached hydrogens (tertiary/aromatic N) is 4. The number of aromatic nitrogens is 2. The van der Waals surface area contributed by atoms with Crippen molar-refractivity contribution in [2.75, 3.05) is 6.54 Å². The third-order valence-corrected chi connectivity index (χ3v) is 2.69. The number of aliphatic hydroxyl groups excluding tert-OH is 1. The van der Waals surface area contributed by atoms with Crippen molar-refractivity contribution in [2.45, 2.75) is 24.9 Å². The van der Waals surface area contributed by atoms with Crippen LogP contribution in [0.15, 0.2) is 27.0 Å².